The van der Waals surface area contributed by atoms with Crippen LogP contribution in [-0.2, 0) is 31.5 Å². The molecule has 1 rings (SSSR count). The summed E-state index contributed by atoms with van der Waals surface area (Å²) in [6.07, 6.45) is 12.1. The van der Waals surface area contributed by atoms with Gasteiger partial charge in [-0.2, -0.15) is 0 Å². The third-order valence-electron chi connectivity index (χ3n) is 6.09. The van der Waals surface area contributed by atoms with Crippen LogP contribution in [0.1, 0.15) is 132 Å². The molecule has 4 nitrogen and oxygen atoms in total. The smallest absolute Gasteiger partial charge is 0.405 e. The summed E-state index contributed by atoms with van der Waals surface area (Å²) in [7, 11) is -0.741. The molecule has 0 aliphatic carbocycles. The van der Waals surface area contributed by atoms with Crippen molar-refractivity contribution in [3.8, 4) is 0 Å². The first-order valence-electron chi connectivity index (χ1n) is 14.9. The molecular weight excluding hydrogens is 446 g/mol. The number of rotatable bonds is 20. The summed E-state index contributed by atoms with van der Waals surface area (Å²) in [6.45, 7) is 21.2. The maximum atomic E-state index is 6.36. The van der Waals surface area contributed by atoms with Gasteiger partial charge < -0.3 is 18.6 Å². The Morgan fingerprint density at radius 1 is 0.500 bits per heavy atom. The average molecular weight is 502 g/mol. The van der Waals surface area contributed by atoms with Crippen LogP contribution < -0.4 is 10.9 Å². The molecule has 0 fully saturated rings. The third-order valence-corrected chi connectivity index (χ3v) is 6.09. The lowest BCUT2D eigenvalue weighted by atomic mass is 9.67. The Kier molecular flexibility index (Phi) is 17.0. The molecule has 0 saturated carbocycles. The van der Waals surface area contributed by atoms with Crippen LogP contribution in [0.25, 0.3) is 0 Å². The van der Waals surface area contributed by atoms with Crippen molar-refractivity contribution >= 4 is 25.2 Å². The molecule has 1 aromatic rings. The highest BCUT2D eigenvalue weighted by atomic mass is 16.6. The van der Waals surface area contributed by atoms with Gasteiger partial charge >= 0.3 is 14.2 Å². The van der Waals surface area contributed by atoms with Crippen LogP contribution in [0, 0.1) is 0 Å². The Balaban J connectivity index is 3.61. The highest BCUT2D eigenvalue weighted by Crippen LogP contribution is 2.16. The summed E-state index contributed by atoms with van der Waals surface area (Å²) >= 11 is 0. The summed E-state index contributed by atoms with van der Waals surface area (Å²) in [6, 6.07) is 4.71. The average Bonchev–Trinajstić information content (AvgIpc) is 2.77. The Bertz CT molecular complexity index is 627. The van der Waals surface area contributed by atoms with Crippen LogP contribution in [0.5, 0.6) is 0 Å². The molecule has 0 heterocycles. The van der Waals surface area contributed by atoms with Gasteiger partial charge in [0, 0.05) is 24.4 Å². The van der Waals surface area contributed by atoms with Gasteiger partial charge in [-0.05, 0) is 103 Å². The van der Waals surface area contributed by atoms with Crippen LogP contribution in [0.3, 0.4) is 0 Å². The van der Waals surface area contributed by atoms with Gasteiger partial charge in [0.25, 0.3) is 0 Å². The van der Waals surface area contributed by atoms with Gasteiger partial charge in [-0.25, -0.2) is 0 Å². The van der Waals surface area contributed by atoms with Gasteiger partial charge in [-0.1, -0.05) is 64.5 Å². The van der Waals surface area contributed by atoms with Crippen LogP contribution in [-0.4, -0.2) is 38.7 Å². The Labute approximate surface area is 224 Å². The number of benzene rings is 1. The molecule has 36 heavy (non-hydrogen) atoms. The standard InChI is InChI=1S/C30H56B2O4/c1-11-13-15-17-19-27-21-30(32(35-25(7)8)36-26(9)10)28(20-18-16-14-12-2)22-29(27)31(33-23(3)4)34-24(5)6/h21-26H,11-20H2,1-10H3. The van der Waals surface area contributed by atoms with E-state index in [0.717, 1.165) is 25.7 Å². The minimum atomic E-state index is -0.370. The third kappa shape index (κ3) is 13.1. The summed E-state index contributed by atoms with van der Waals surface area (Å²) in [4.78, 5) is 0. The van der Waals surface area contributed by atoms with Crippen molar-refractivity contribution in [2.45, 2.75) is 158 Å². The molecule has 0 aliphatic heterocycles. The van der Waals surface area contributed by atoms with Crippen LogP contribution in [0.4, 0.5) is 0 Å². The fraction of sp³-hybridized carbons (Fsp3) is 0.800. The van der Waals surface area contributed by atoms with E-state index in [-0.39, 0.29) is 38.7 Å². The fourth-order valence-electron chi connectivity index (χ4n) is 4.43. The number of aryl methyl sites for hydroxylation is 2. The van der Waals surface area contributed by atoms with E-state index in [1.54, 1.807) is 0 Å². The number of unbranched alkanes of at least 4 members (excludes halogenated alkanes) is 6. The molecule has 0 spiro atoms. The predicted octanol–water partition coefficient (Wildman–Crippen LogP) is 7.02. The zero-order valence-electron chi connectivity index (χ0n) is 25.3. The Hall–Kier alpha value is -0.810. The Morgan fingerprint density at radius 2 is 0.806 bits per heavy atom. The van der Waals surface area contributed by atoms with Gasteiger partial charge in [0.1, 0.15) is 0 Å². The summed E-state index contributed by atoms with van der Waals surface area (Å²) in [5.41, 5.74) is 4.95. The minimum Gasteiger partial charge on any atom is -0.405 e. The topological polar surface area (TPSA) is 36.9 Å². The lowest BCUT2D eigenvalue weighted by molar-refractivity contribution is 0.137. The molecule has 0 saturated heterocycles. The molecule has 0 aromatic heterocycles. The van der Waals surface area contributed by atoms with E-state index in [9.17, 15) is 0 Å². The van der Waals surface area contributed by atoms with Gasteiger partial charge in [-0.3, -0.25) is 0 Å². The Morgan fingerprint density at radius 3 is 1.06 bits per heavy atom. The first kappa shape index (κ1) is 33.2. The maximum Gasteiger partial charge on any atom is 0.494 e. The molecule has 6 heteroatoms. The molecule has 1 aromatic carbocycles. The van der Waals surface area contributed by atoms with Crippen LogP contribution >= 0.6 is 0 Å². The number of hydrogen-bond acceptors (Lipinski definition) is 4. The highest BCUT2D eigenvalue weighted by molar-refractivity contribution is 6.64. The van der Waals surface area contributed by atoms with Crippen molar-refractivity contribution in [1.29, 1.82) is 0 Å². The zero-order chi connectivity index (χ0) is 27.1. The molecule has 0 amide bonds. The monoisotopic (exact) mass is 502 g/mol. The van der Waals surface area contributed by atoms with Gasteiger partial charge in [0.05, 0.1) is 0 Å². The largest absolute Gasteiger partial charge is 0.494 e. The van der Waals surface area contributed by atoms with Gasteiger partial charge in [0.2, 0.25) is 0 Å². The highest BCUT2D eigenvalue weighted by Gasteiger charge is 2.32. The lowest BCUT2D eigenvalue weighted by Crippen LogP contribution is -2.47. The summed E-state index contributed by atoms with van der Waals surface area (Å²) in [5.74, 6) is 0. The molecule has 0 N–H and O–H groups in total. The summed E-state index contributed by atoms with van der Waals surface area (Å²) < 4.78 is 25.4. The van der Waals surface area contributed by atoms with Gasteiger partial charge in [0.15, 0.2) is 0 Å². The quantitative estimate of drug-likeness (QED) is 0.142. The van der Waals surface area contributed by atoms with Crippen molar-refractivity contribution in [2.24, 2.45) is 0 Å². The van der Waals surface area contributed by atoms with Crippen LogP contribution in [0.15, 0.2) is 12.1 Å². The van der Waals surface area contributed by atoms with Crippen molar-refractivity contribution < 1.29 is 18.6 Å². The van der Waals surface area contributed by atoms with Gasteiger partial charge in [-0.15, -0.1) is 0 Å². The second-order valence-corrected chi connectivity index (χ2v) is 11.3. The molecule has 0 radical (unpaired) electrons. The molecular formula is C30H56B2O4. The SMILES string of the molecule is CCCCCCc1cc(B(OC(C)C)OC(C)C)c(CCCCCC)cc1B(OC(C)C)OC(C)C. The first-order chi connectivity index (χ1) is 17.1. The van der Waals surface area contributed by atoms with E-state index in [4.69, 9.17) is 18.6 Å². The van der Waals surface area contributed by atoms with Crippen molar-refractivity contribution in [3.05, 3.63) is 23.3 Å². The van der Waals surface area contributed by atoms with E-state index < -0.39 is 0 Å². The first-order valence-corrected chi connectivity index (χ1v) is 14.9. The molecule has 0 bridgehead atoms. The van der Waals surface area contributed by atoms with E-state index in [1.165, 1.54) is 60.6 Å². The second kappa shape index (κ2) is 18.4. The van der Waals surface area contributed by atoms with Crippen molar-refractivity contribution in [1.82, 2.24) is 0 Å². The van der Waals surface area contributed by atoms with Crippen LogP contribution in [0.2, 0.25) is 0 Å². The maximum absolute atomic E-state index is 6.36. The van der Waals surface area contributed by atoms with Crippen molar-refractivity contribution in [2.75, 3.05) is 0 Å². The fourth-order valence-corrected chi connectivity index (χ4v) is 4.43. The molecule has 0 unspecified atom stereocenters. The minimum absolute atomic E-state index is 0.0793. The van der Waals surface area contributed by atoms with Crippen molar-refractivity contribution in [3.63, 3.8) is 0 Å². The molecule has 0 atom stereocenters. The zero-order valence-corrected chi connectivity index (χ0v) is 25.3. The predicted molar refractivity (Wildman–Crippen MR) is 158 cm³/mol. The lowest BCUT2D eigenvalue weighted by Gasteiger charge is -2.26. The van der Waals surface area contributed by atoms with E-state index in [0.29, 0.717) is 0 Å². The normalized spacial score (nSPS) is 11.9. The molecule has 0 aliphatic rings. The second-order valence-electron chi connectivity index (χ2n) is 11.3. The number of hydrogen-bond donors (Lipinski definition) is 0. The van der Waals surface area contributed by atoms with E-state index in [2.05, 4.69) is 81.4 Å². The van der Waals surface area contributed by atoms with E-state index >= 15 is 0 Å². The van der Waals surface area contributed by atoms with E-state index in [1.807, 2.05) is 0 Å². The summed E-state index contributed by atoms with van der Waals surface area (Å²) in [5, 5.41) is 0. The molecule has 206 valence electrons.